The highest BCUT2D eigenvalue weighted by Crippen LogP contribution is 2.30. The van der Waals surface area contributed by atoms with Gasteiger partial charge in [0.1, 0.15) is 5.82 Å². The zero-order chi connectivity index (χ0) is 23.0. The number of amides is 2. The van der Waals surface area contributed by atoms with Gasteiger partial charge in [0.05, 0.1) is 23.5 Å². The van der Waals surface area contributed by atoms with Crippen LogP contribution in [0.2, 0.25) is 5.02 Å². The molecule has 3 rings (SSSR count). The molecule has 0 saturated heterocycles. The third-order valence-electron chi connectivity index (χ3n) is 4.77. The molecule has 3 aromatic rings. The molecule has 1 unspecified atom stereocenters. The lowest BCUT2D eigenvalue weighted by atomic mass is 9.97. The van der Waals surface area contributed by atoms with Gasteiger partial charge in [0.2, 0.25) is 6.41 Å². The van der Waals surface area contributed by atoms with Gasteiger partial charge in [-0.3, -0.25) is 14.7 Å². The van der Waals surface area contributed by atoms with Crippen molar-refractivity contribution in [2.45, 2.75) is 39.2 Å². The molecule has 31 heavy (non-hydrogen) atoms. The van der Waals surface area contributed by atoms with E-state index >= 15 is 0 Å². The number of halogens is 2. The van der Waals surface area contributed by atoms with E-state index in [-0.39, 0.29) is 30.1 Å². The molecule has 4 N–H and O–H groups in total. The number of nitrogens with two attached hydrogens (primary N) is 1. The quantitative estimate of drug-likeness (QED) is 0.467. The number of carbonyl (C=O) groups excluding carboxylic acids is 2. The van der Waals surface area contributed by atoms with E-state index in [4.69, 9.17) is 16.4 Å². The Morgan fingerprint density at radius 2 is 1.97 bits per heavy atom. The van der Waals surface area contributed by atoms with E-state index in [0.717, 1.165) is 5.56 Å². The first-order chi connectivity index (χ1) is 14.8. The number of nitrogens with one attached hydrogen (secondary N) is 2. The van der Waals surface area contributed by atoms with Crippen molar-refractivity contribution in [1.82, 2.24) is 15.5 Å². The first-order valence-electron chi connectivity index (χ1n) is 9.87. The Labute approximate surface area is 186 Å². The fourth-order valence-electron chi connectivity index (χ4n) is 3.23. The highest BCUT2D eigenvalue weighted by atomic mass is 35.5. The highest BCUT2D eigenvalue weighted by molar-refractivity contribution is 6.30. The van der Waals surface area contributed by atoms with E-state index in [2.05, 4.69) is 21.2 Å². The van der Waals surface area contributed by atoms with E-state index in [0.29, 0.717) is 33.8 Å². The number of nitrogens with zero attached hydrogens (tertiary/aromatic N) is 1. The van der Waals surface area contributed by atoms with Crippen molar-refractivity contribution >= 4 is 23.9 Å². The molecule has 0 aliphatic heterocycles. The van der Waals surface area contributed by atoms with Gasteiger partial charge in [-0.05, 0) is 41.7 Å². The van der Waals surface area contributed by atoms with Crippen molar-refractivity contribution in [3.8, 4) is 11.3 Å². The first kappa shape index (κ1) is 24.1. The minimum atomic E-state index is -0.335. The molecule has 0 saturated carbocycles. The Kier molecular flexibility index (Phi) is 8.75. The molecule has 164 valence electrons. The van der Waals surface area contributed by atoms with Gasteiger partial charge >= 0.3 is 0 Å². The lowest BCUT2D eigenvalue weighted by Crippen LogP contribution is -2.28. The summed E-state index contributed by atoms with van der Waals surface area (Å²) in [5.74, 6) is -0.616. The van der Waals surface area contributed by atoms with Crippen molar-refractivity contribution in [3.05, 3.63) is 76.2 Å². The van der Waals surface area contributed by atoms with Gasteiger partial charge in [-0.25, -0.2) is 4.39 Å². The standard InChI is InChI=1S/C22H23ClFN3O.CH3NO/c1-4-19(14-7-5-8-15(23)11-14)26-22(28)18-12-25-27-21(18)17-10-6-9-16(13(2)3)20(17)24;2-1-3/h5-13,19H,4H2,1-3H3,(H,25,27)(H,26,28);1H,(H2,2,3). The van der Waals surface area contributed by atoms with Crippen LogP contribution in [0.5, 0.6) is 0 Å². The van der Waals surface area contributed by atoms with E-state index in [1.54, 1.807) is 24.3 Å². The summed E-state index contributed by atoms with van der Waals surface area (Å²) >= 11 is 6.08. The van der Waals surface area contributed by atoms with Crippen molar-refractivity contribution in [2.75, 3.05) is 0 Å². The number of aromatic amines is 1. The third-order valence-corrected chi connectivity index (χ3v) is 5.00. The van der Waals surface area contributed by atoms with Crippen LogP contribution in [-0.2, 0) is 4.79 Å². The molecule has 0 fully saturated rings. The van der Waals surface area contributed by atoms with E-state index in [1.165, 1.54) is 6.20 Å². The molecule has 0 aliphatic rings. The van der Waals surface area contributed by atoms with Gasteiger partial charge in [0.15, 0.2) is 0 Å². The second kappa shape index (κ2) is 11.3. The normalized spacial score (nSPS) is 11.4. The summed E-state index contributed by atoms with van der Waals surface area (Å²) in [7, 11) is 0. The van der Waals surface area contributed by atoms with Crippen LogP contribution >= 0.6 is 11.6 Å². The van der Waals surface area contributed by atoms with Gasteiger partial charge in [0.25, 0.3) is 5.91 Å². The molecule has 2 aromatic carbocycles. The molecule has 0 spiro atoms. The maximum absolute atomic E-state index is 15.0. The Bertz CT molecular complexity index is 1040. The molecule has 1 aromatic heterocycles. The van der Waals surface area contributed by atoms with Crippen LogP contribution in [0, 0.1) is 5.82 Å². The van der Waals surface area contributed by atoms with Crippen LogP contribution in [0.1, 0.15) is 60.6 Å². The second-order valence-electron chi connectivity index (χ2n) is 7.15. The fourth-order valence-corrected chi connectivity index (χ4v) is 3.43. The lowest BCUT2D eigenvalue weighted by molar-refractivity contribution is -0.106. The van der Waals surface area contributed by atoms with Crippen LogP contribution in [0.4, 0.5) is 4.39 Å². The molecule has 6 nitrogen and oxygen atoms in total. The number of aromatic nitrogens is 2. The Hall–Kier alpha value is -3.19. The summed E-state index contributed by atoms with van der Waals surface area (Å²) < 4.78 is 15.0. The number of benzene rings is 2. The minimum absolute atomic E-state index is 0.0347. The maximum Gasteiger partial charge on any atom is 0.255 e. The lowest BCUT2D eigenvalue weighted by Gasteiger charge is -2.18. The molecule has 8 heteroatoms. The number of hydrogen-bond donors (Lipinski definition) is 3. The second-order valence-corrected chi connectivity index (χ2v) is 7.58. The van der Waals surface area contributed by atoms with Crippen LogP contribution in [0.3, 0.4) is 0 Å². The molecular formula is C23H26ClFN4O2. The maximum atomic E-state index is 15.0. The fraction of sp³-hybridized carbons (Fsp3) is 0.261. The summed E-state index contributed by atoms with van der Waals surface area (Å²) in [5, 5.41) is 10.4. The largest absolute Gasteiger partial charge is 0.372 e. The van der Waals surface area contributed by atoms with Crippen molar-refractivity contribution in [3.63, 3.8) is 0 Å². The van der Waals surface area contributed by atoms with Gasteiger partial charge in [-0.15, -0.1) is 0 Å². The molecule has 1 atom stereocenters. The molecule has 1 heterocycles. The molecule has 2 amide bonds. The van der Waals surface area contributed by atoms with Crippen LogP contribution < -0.4 is 11.1 Å². The topological polar surface area (TPSA) is 101 Å². The first-order valence-corrected chi connectivity index (χ1v) is 10.3. The number of primary amides is 1. The predicted molar refractivity (Wildman–Crippen MR) is 120 cm³/mol. The van der Waals surface area contributed by atoms with E-state index < -0.39 is 0 Å². The summed E-state index contributed by atoms with van der Waals surface area (Å²) in [4.78, 5) is 21.5. The summed E-state index contributed by atoms with van der Waals surface area (Å²) in [6, 6.07) is 12.4. The van der Waals surface area contributed by atoms with Gasteiger partial charge in [-0.2, -0.15) is 5.10 Å². The van der Waals surface area contributed by atoms with Gasteiger partial charge in [-0.1, -0.05) is 56.6 Å². The molecule has 0 radical (unpaired) electrons. The number of H-pyrrole nitrogens is 1. The zero-order valence-electron chi connectivity index (χ0n) is 17.7. The molecule has 0 aliphatic carbocycles. The highest BCUT2D eigenvalue weighted by Gasteiger charge is 2.22. The third kappa shape index (κ3) is 5.92. The number of carbonyl (C=O) groups is 2. The molecule has 0 bridgehead atoms. The van der Waals surface area contributed by atoms with E-state index in [1.807, 2.05) is 39.0 Å². The van der Waals surface area contributed by atoms with Gasteiger partial charge < -0.3 is 11.1 Å². The van der Waals surface area contributed by atoms with Crippen LogP contribution in [-0.4, -0.2) is 22.5 Å². The van der Waals surface area contributed by atoms with Gasteiger partial charge in [0, 0.05) is 10.6 Å². The minimum Gasteiger partial charge on any atom is -0.372 e. The van der Waals surface area contributed by atoms with E-state index in [9.17, 15) is 9.18 Å². The Morgan fingerprint density at radius 3 is 2.58 bits per heavy atom. The van der Waals surface area contributed by atoms with Crippen molar-refractivity contribution in [2.24, 2.45) is 5.73 Å². The monoisotopic (exact) mass is 444 g/mol. The Balaban J connectivity index is 0.00000107. The van der Waals surface area contributed by atoms with Crippen LogP contribution in [0.15, 0.2) is 48.7 Å². The Morgan fingerprint density at radius 1 is 1.29 bits per heavy atom. The smallest absolute Gasteiger partial charge is 0.255 e. The number of rotatable bonds is 6. The van der Waals surface area contributed by atoms with Crippen LogP contribution in [0.25, 0.3) is 11.3 Å². The average Bonchev–Trinajstić information content (AvgIpc) is 3.22. The SMILES string of the molecule is CCC(NC(=O)c1cn[nH]c1-c1cccc(C(C)C)c1F)c1cccc(Cl)c1.NC=O. The molecular weight excluding hydrogens is 419 g/mol. The summed E-state index contributed by atoms with van der Waals surface area (Å²) in [5.41, 5.74) is 6.70. The van der Waals surface area contributed by atoms with Crippen molar-refractivity contribution < 1.29 is 14.0 Å². The average molecular weight is 445 g/mol. The zero-order valence-corrected chi connectivity index (χ0v) is 18.4. The summed E-state index contributed by atoms with van der Waals surface area (Å²) in [6.45, 7) is 5.84. The van der Waals surface area contributed by atoms with Crippen molar-refractivity contribution in [1.29, 1.82) is 0 Å². The summed E-state index contributed by atoms with van der Waals surface area (Å²) in [6.07, 6.45) is 2.37. The predicted octanol–water partition coefficient (Wildman–Crippen LogP) is 4.98. The number of hydrogen-bond acceptors (Lipinski definition) is 3.